The summed E-state index contributed by atoms with van der Waals surface area (Å²) in [6.07, 6.45) is 2.25. The first-order valence-electron chi connectivity index (χ1n) is 6.54. The van der Waals surface area contributed by atoms with Gasteiger partial charge in [0, 0.05) is 31.2 Å². The van der Waals surface area contributed by atoms with Crippen molar-refractivity contribution in [3.8, 4) is 0 Å². The molecule has 96 valence electrons. The molecule has 0 aliphatic carbocycles. The molecule has 0 radical (unpaired) electrons. The molecular formula is C14H17ClN2O. The molecule has 1 amide bonds. The van der Waals surface area contributed by atoms with Crippen molar-refractivity contribution in [3.05, 3.63) is 34.3 Å². The van der Waals surface area contributed by atoms with Crippen molar-refractivity contribution in [2.45, 2.75) is 25.3 Å². The second-order valence-electron chi connectivity index (χ2n) is 5.03. The van der Waals surface area contributed by atoms with Crippen LogP contribution in [0, 0.1) is 0 Å². The van der Waals surface area contributed by atoms with Gasteiger partial charge in [-0.3, -0.25) is 4.79 Å². The number of likely N-dealkylation sites (tertiary alicyclic amines) is 1. The highest BCUT2D eigenvalue weighted by atomic mass is 35.5. The predicted octanol–water partition coefficient (Wildman–Crippen LogP) is 2.15. The van der Waals surface area contributed by atoms with Crippen LogP contribution in [0.3, 0.4) is 0 Å². The summed E-state index contributed by atoms with van der Waals surface area (Å²) in [7, 11) is 0. The minimum absolute atomic E-state index is 0.111. The molecule has 3 nitrogen and oxygen atoms in total. The van der Waals surface area contributed by atoms with E-state index in [1.807, 2.05) is 17.0 Å². The number of nitrogens with one attached hydrogen (secondary N) is 1. The summed E-state index contributed by atoms with van der Waals surface area (Å²) in [4.78, 5) is 14.5. The van der Waals surface area contributed by atoms with Gasteiger partial charge in [-0.25, -0.2) is 0 Å². The van der Waals surface area contributed by atoms with Crippen LogP contribution in [0.4, 0.5) is 0 Å². The van der Waals surface area contributed by atoms with E-state index in [-0.39, 0.29) is 11.8 Å². The van der Waals surface area contributed by atoms with E-state index in [2.05, 4.69) is 11.4 Å². The zero-order valence-electron chi connectivity index (χ0n) is 10.3. The van der Waals surface area contributed by atoms with Crippen LogP contribution in [0.2, 0.25) is 5.02 Å². The molecule has 1 aromatic carbocycles. The van der Waals surface area contributed by atoms with Gasteiger partial charge in [-0.1, -0.05) is 23.7 Å². The fourth-order valence-corrected chi connectivity index (χ4v) is 3.27. The average Bonchev–Trinajstić information content (AvgIpc) is 2.91. The highest BCUT2D eigenvalue weighted by molar-refractivity contribution is 6.31. The van der Waals surface area contributed by atoms with E-state index in [0.717, 1.165) is 48.6 Å². The summed E-state index contributed by atoms with van der Waals surface area (Å²) < 4.78 is 0. The maximum Gasteiger partial charge on any atom is 0.231 e. The van der Waals surface area contributed by atoms with Gasteiger partial charge in [0.1, 0.15) is 0 Å². The lowest BCUT2D eigenvalue weighted by atomic mass is 9.89. The van der Waals surface area contributed by atoms with E-state index in [9.17, 15) is 4.79 Å². The third-order valence-corrected chi connectivity index (χ3v) is 4.20. The van der Waals surface area contributed by atoms with Gasteiger partial charge in [-0.05, 0) is 30.0 Å². The number of rotatable bonds is 1. The molecule has 18 heavy (non-hydrogen) atoms. The summed E-state index contributed by atoms with van der Waals surface area (Å²) in [5.74, 6) is 0.120. The maximum atomic E-state index is 12.5. The van der Waals surface area contributed by atoms with Crippen LogP contribution in [-0.4, -0.2) is 30.4 Å². The molecule has 0 bridgehead atoms. The molecule has 4 heteroatoms. The molecule has 2 aliphatic heterocycles. The molecule has 2 heterocycles. The topological polar surface area (TPSA) is 32.3 Å². The second kappa shape index (κ2) is 4.90. The largest absolute Gasteiger partial charge is 0.342 e. The van der Waals surface area contributed by atoms with Crippen LogP contribution in [0.5, 0.6) is 0 Å². The number of benzene rings is 1. The van der Waals surface area contributed by atoms with Crippen LogP contribution < -0.4 is 5.32 Å². The lowest BCUT2D eigenvalue weighted by molar-refractivity contribution is -0.131. The minimum Gasteiger partial charge on any atom is -0.342 e. The van der Waals surface area contributed by atoms with Crippen LogP contribution >= 0.6 is 11.6 Å². The van der Waals surface area contributed by atoms with Gasteiger partial charge in [0.2, 0.25) is 5.91 Å². The van der Waals surface area contributed by atoms with Crippen molar-refractivity contribution in [2.75, 3.05) is 19.6 Å². The Hall–Kier alpha value is -1.06. The Kier molecular flexibility index (Phi) is 3.27. The zero-order chi connectivity index (χ0) is 12.5. The number of halogens is 1. The average molecular weight is 265 g/mol. The third-order valence-electron chi connectivity index (χ3n) is 3.87. The van der Waals surface area contributed by atoms with Crippen molar-refractivity contribution < 1.29 is 4.79 Å². The molecule has 0 spiro atoms. The lowest BCUT2D eigenvalue weighted by Gasteiger charge is -2.29. The Bertz CT molecular complexity index is 469. The number of carbonyl (C=O) groups excluding carboxylic acids is 1. The first-order chi connectivity index (χ1) is 8.77. The molecule has 2 aliphatic rings. The van der Waals surface area contributed by atoms with E-state index in [0.29, 0.717) is 6.54 Å². The molecular weight excluding hydrogens is 248 g/mol. The standard InChI is InChI=1S/C14H17ClN2O/c15-12-5-3-4-10-8-16-9-11(13(10)12)14(18)17-6-1-2-7-17/h3-5,11,16H,1-2,6-9H2. The van der Waals surface area contributed by atoms with E-state index in [1.165, 1.54) is 0 Å². The van der Waals surface area contributed by atoms with Crippen molar-refractivity contribution >= 4 is 17.5 Å². The smallest absolute Gasteiger partial charge is 0.231 e. The number of hydrogen-bond acceptors (Lipinski definition) is 2. The number of carbonyl (C=O) groups is 1. The number of fused-ring (bicyclic) bond motifs is 1. The van der Waals surface area contributed by atoms with E-state index < -0.39 is 0 Å². The first kappa shape index (κ1) is 12.0. The van der Waals surface area contributed by atoms with Gasteiger partial charge in [0.05, 0.1) is 5.92 Å². The molecule has 1 saturated heterocycles. The fourth-order valence-electron chi connectivity index (χ4n) is 2.95. The Morgan fingerprint density at radius 2 is 2.11 bits per heavy atom. The van der Waals surface area contributed by atoms with Crippen LogP contribution in [0.25, 0.3) is 0 Å². The van der Waals surface area contributed by atoms with Crippen molar-refractivity contribution in [1.82, 2.24) is 10.2 Å². The fraction of sp³-hybridized carbons (Fsp3) is 0.500. The Morgan fingerprint density at radius 3 is 2.89 bits per heavy atom. The molecule has 1 aromatic rings. The quantitative estimate of drug-likeness (QED) is 0.843. The van der Waals surface area contributed by atoms with Gasteiger partial charge in [0.15, 0.2) is 0 Å². The van der Waals surface area contributed by atoms with Crippen LogP contribution in [-0.2, 0) is 11.3 Å². The summed E-state index contributed by atoms with van der Waals surface area (Å²) in [5.41, 5.74) is 2.20. The number of nitrogens with zero attached hydrogens (tertiary/aromatic N) is 1. The summed E-state index contributed by atoms with van der Waals surface area (Å²) in [5, 5.41) is 4.04. The van der Waals surface area contributed by atoms with E-state index in [1.54, 1.807) is 0 Å². The van der Waals surface area contributed by atoms with Crippen molar-refractivity contribution in [1.29, 1.82) is 0 Å². The maximum absolute atomic E-state index is 12.5. The minimum atomic E-state index is -0.111. The summed E-state index contributed by atoms with van der Waals surface area (Å²) in [6, 6.07) is 5.89. The molecule has 1 fully saturated rings. The number of amides is 1. The molecule has 1 unspecified atom stereocenters. The monoisotopic (exact) mass is 264 g/mol. The second-order valence-corrected chi connectivity index (χ2v) is 5.44. The zero-order valence-corrected chi connectivity index (χ0v) is 11.0. The van der Waals surface area contributed by atoms with E-state index in [4.69, 9.17) is 11.6 Å². The predicted molar refractivity (Wildman–Crippen MR) is 71.7 cm³/mol. The third kappa shape index (κ3) is 2.02. The van der Waals surface area contributed by atoms with Crippen LogP contribution in [0.15, 0.2) is 18.2 Å². The molecule has 1 atom stereocenters. The van der Waals surface area contributed by atoms with Gasteiger partial charge in [-0.2, -0.15) is 0 Å². The Morgan fingerprint density at radius 1 is 1.33 bits per heavy atom. The molecule has 0 saturated carbocycles. The Balaban J connectivity index is 1.93. The Labute approximate surface area is 112 Å². The molecule has 0 aromatic heterocycles. The van der Waals surface area contributed by atoms with Gasteiger partial charge < -0.3 is 10.2 Å². The van der Waals surface area contributed by atoms with Crippen LogP contribution in [0.1, 0.15) is 29.9 Å². The highest BCUT2D eigenvalue weighted by Gasteiger charge is 2.32. The van der Waals surface area contributed by atoms with Gasteiger partial charge in [-0.15, -0.1) is 0 Å². The van der Waals surface area contributed by atoms with E-state index >= 15 is 0 Å². The lowest BCUT2D eigenvalue weighted by Crippen LogP contribution is -2.40. The normalized spacial score (nSPS) is 22.9. The van der Waals surface area contributed by atoms with Crippen molar-refractivity contribution in [3.63, 3.8) is 0 Å². The van der Waals surface area contributed by atoms with Crippen molar-refractivity contribution in [2.24, 2.45) is 0 Å². The summed E-state index contributed by atoms with van der Waals surface area (Å²) >= 11 is 6.29. The van der Waals surface area contributed by atoms with Gasteiger partial charge in [0.25, 0.3) is 0 Å². The number of hydrogen-bond donors (Lipinski definition) is 1. The first-order valence-corrected chi connectivity index (χ1v) is 6.92. The summed E-state index contributed by atoms with van der Waals surface area (Å²) in [6.45, 7) is 3.30. The SMILES string of the molecule is O=C(C1CNCc2cccc(Cl)c21)N1CCCC1. The highest BCUT2D eigenvalue weighted by Crippen LogP contribution is 2.32. The molecule has 1 N–H and O–H groups in total. The molecule has 3 rings (SSSR count). The van der Waals surface area contributed by atoms with Gasteiger partial charge >= 0.3 is 0 Å².